The van der Waals surface area contributed by atoms with Gasteiger partial charge in [-0.2, -0.15) is 5.26 Å². The maximum Gasteiger partial charge on any atom is 0.161 e. The Balaban J connectivity index is 2.20. The van der Waals surface area contributed by atoms with Crippen LogP contribution in [0.4, 0.5) is 5.82 Å². The number of nitriles is 1. The molecule has 0 aliphatic carbocycles. The fourth-order valence-electron chi connectivity index (χ4n) is 2.86. The number of aromatic nitrogens is 1. The zero-order valence-corrected chi connectivity index (χ0v) is 16.8. The lowest BCUT2D eigenvalue weighted by Crippen LogP contribution is -2.01. The fraction of sp³-hybridized carbons (Fsp3) is 0.143. The molecule has 142 valence electrons. The molecule has 1 heterocycles. The van der Waals surface area contributed by atoms with Gasteiger partial charge in [-0.3, -0.25) is 0 Å². The van der Waals surface area contributed by atoms with Crippen molar-refractivity contribution in [1.82, 2.24) is 4.98 Å². The maximum absolute atomic E-state index is 9.61. The minimum atomic E-state index is 0.119. The first-order chi connectivity index (χ1) is 13.5. The molecule has 0 radical (unpaired) electrons. The van der Waals surface area contributed by atoms with Crippen LogP contribution < -0.4 is 15.2 Å². The summed E-state index contributed by atoms with van der Waals surface area (Å²) >= 11 is 12.3. The largest absolute Gasteiger partial charge is 0.493 e. The van der Waals surface area contributed by atoms with Gasteiger partial charge in [-0.15, -0.1) is 0 Å². The van der Waals surface area contributed by atoms with E-state index < -0.39 is 0 Å². The first-order valence-electron chi connectivity index (χ1n) is 8.45. The Labute approximate surface area is 173 Å². The topological polar surface area (TPSA) is 81.2 Å². The molecule has 2 N–H and O–H groups in total. The van der Waals surface area contributed by atoms with Crippen LogP contribution in [0.25, 0.3) is 22.4 Å². The van der Waals surface area contributed by atoms with Gasteiger partial charge in [0.05, 0.1) is 24.4 Å². The summed E-state index contributed by atoms with van der Waals surface area (Å²) in [5, 5.41) is 10.6. The van der Waals surface area contributed by atoms with Gasteiger partial charge in [-0.05, 0) is 48.9 Å². The molecular weight excluding hydrogens is 397 g/mol. The van der Waals surface area contributed by atoms with Gasteiger partial charge >= 0.3 is 0 Å². The second-order valence-corrected chi connectivity index (χ2v) is 6.69. The molecule has 2 aromatic carbocycles. The van der Waals surface area contributed by atoms with Crippen LogP contribution in [0.5, 0.6) is 11.5 Å². The van der Waals surface area contributed by atoms with Gasteiger partial charge in [0.2, 0.25) is 0 Å². The molecule has 3 rings (SSSR count). The van der Waals surface area contributed by atoms with Crippen LogP contribution in [0.15, 0.2) is 42.5 Å². The average molecular weight is 414 g/mol. The molecule has 0 saturated heterocycles. The first-order valence-corrected chi connectivity index (χ1v) is 9.21. The quantitative estimate of drug-likeness (QED) is 0.589. The fourth-order valence-corrected chi connectivity index (χ4v) is 3.36. The number of hydrogen-bond donors (Lipinski definition) is 1. The van der Waals surface area contributed by atoms with Crippen molar-refractivity contribution in [3.8, 4) is 40.0 Å². The van der Waals surface area contributed by atoms with Crippen molar-refractivity contribution in [3.05, 3.63) is 58.1 Å². The Kier molecular flexibility index (Phi) is 5.93. The maximum atomic E-state index is 9.61. The van der Waals surface area contributed by atoms with Crippen molar-refractivity contribution in [3.63, 3.8) is 0 Å². The van der Waals surface area contributed by atoms with E-state index >= 15 is 0 Å². The summed E-state index contributed by atoms with van der Waals surface area (Å²) in [5.41, 5.74) is 8.94. The Morgan fingerprint density at radius 1 is 1.07 bits per heavy atom. The van der Waals surface area contributed by atoms with Gasteiger partial charge in [0.1, 0.15) is 17.5 Å². The predicted octanol–water partition coefficient (Wildman–Crippen LogP) is 5.58. The van der Waals surface area contributed by atoms with Crippen molar-refractivity contribution in [2.24, 2.45) is 0 Å². The molecule has 0 spiro atoms. The molecule has 0 amide bonds. The third kappa shape index (κ3) is 3.84. The third-order valence-corrected chi connectivity index (χ3v) is 4.69. The molecule has 1 aromatic heterocycles. The van der Waals surface area contributed by atoms with E-state index in [2.05, 4.69) is 11.1 Å². The number of rotatable bonds is 5. The summed E-state index contributed by atoms with van der Waals surface area (Å²) in [6, 6.07) is 14.5. The van der Waals surface area contributed by atoms with Gasteiger partial charge in [0, 0.05) is 16.1 Å². The van der Waals surface area contributed by atoms with Gasteiger partial charge in [0.15, 0.2) is 11.5 Å². The van der Waals surface area contributed by atoms with E-state index in [0.29, 0.717) is 45.0 Å². The summed E-state index contributed by atoms with van der Waals surface area (Å²) in [7, 11) is 1.56. The lowest BCUT2D eigenvalue weighted by molar-refractivity contribution is 0.311. The highest BCUT2D eigenvalue weighted by atomic mass is 35.5. The highest BCUT2D eigenvalue weighted by molar-refractivity contribution is 6.36. The molecule has 0 aliphatic rings. The van der Waals surface area contributed by atoms with E-state index in [-0.39, 0.29) is 11.4 Å². The van der Waals surface area contributed by atoms with E-state index in [1.165, 1.54) is 0 Å². The smallest absolute Gasteiger partial charge is 0.161 e. The van der Waals surface area contributed by atoms with Crippen molar-refractivity contribution < 1.29 is 9.47 Å². The summed E-state index contributed by atoms with van der Waals surface area (Å²) in [6.45, 7) is 2.41. The second kappa shape index (κ2) is 8.39. The average Bonchev–Trinajstić information content (AvgIpc) is 2.68. The number of nitrogens with zero attached hydrogens (tertiary/aromatic N) is 2. The first kappa shape index (κ1) is 19.8. The van der Waals surface area contributed by atoms with Crippen LogP contribution >= 0.6 is 23.2 Å². The lowest BCUT2D eigenvalue weighted by atomic mass is 9.98. The molecule has 0 aliphatic heterocycles. The number of methoxy groups -OCH3 is 1. The monoisotopic (exact) mass is 413 g/mol. The van der Waals surface area contributed by atoms with Crippen molar-refractivity contribution in [2.75, 3.05) is 19.5 Å². The number of halogens is 2. The minimum Gasteiger partial charge on any atom is -0.493 e. The summed E-state index contributed by atoms with van der Waals surface area (Å²) < 4.78 is 11.0. The van der Waals surface area contributed by atoms with Crippen LogP contribution in [0, 0.1) is 11.3 Å². The number of nitrogen functional groups attached to an aromatic ring is 1. The van der Waals surface area contributed by atoms with E-state index in [1.807, 2.05) is 13.0 Å². The molecule has 0 atom stereocenters. The Morgan fingerprint density at radius 2 is 1.86 bits per heavy atom. The van der Waals surface area contributed by atoms with Crippen molar-refractivity contribution in [2.45, 2.75) is 6.92 Å². The van der Waals surface area contributed by atoms with Crippen molar-refractivity contribution >= 4 is 29.0 Å². The van der Waals surface area contributed by atoms with Crippen LogP contribution in [0.2, 0.25) is 10.0 Å². The summed E-state index contributed by atoms with van der Waals surface area (Å²) in [4.78, 5) is 4.35. The van der Waals surface area contributed by atoms with Gasteiger partial charge in [-0.1, -0.05) is 29.3 Å². The molecular formula is C21H17Cl2N3O2. The van der Waals surface area contributed by atoms with Crippen LogP contribution in [0.1, 0.15) is 12.5 Å². The summed E-state index contributed by atoms with van der Waals surface area (Å²) in [6.07, 6.45) is 0. The molecule has 5 nitrogen and oxygen atoms in total. The van der Waals surface area contributed by atoms with E-state index in [9.17, 15) is 5.26 Å². The Hall–Kier alpha value is -2.94. The molecule has 0 fully saturated rings. The Bertz CT molecular complexity index is 1080. The molecule has 3 aromatic rings. The molecule has 0 unspecified atom stereocenters. The Morgan fingerprint density at radius 3 is 2.50 bits per heavy atom. The molecule has 28 heavy (non-hydrogen) atoms. The molecule has 0 bridgehead atoms. The van der Waals surface area contributed by atoms with Gasteiger partial charge < -0.3 is 15.2 Å². The number of ether oxygens (including phenoxy) is 2. The van der Waals surface area contributed by atoms with Crippen LogP contribution in [-0.4, -0.2) is 18.7 Å². The zero-order valence-electron chi connectivity index (χ0n) is 15.3. The van der Waals surface area contributed by atoms with E-state index in [0.717, 1.165) is 5.56 Å². The predicted molar refractivity (Wildman–Crippen MR) is 112 cm³/mol. The highest BCUT2D eigenvalue weighted by Crippen LogP contribution is 2.38. The molecule has 7 heteroatoms. The highest BCUT2D eigenvalue weighted by Gasteiger charge is 2.17. The lowest BCUT2D eigenvalue weighted by Gasteiger charge is -2.14. The second-order valence-electron chi connectivity index (χ2n) is 5.85. The van der Waals surface area contributed by atoms with Gasteiger partial charge in [-0.25, -0.2) is 4.98 Å². The van der Waals surface area contributed by atoms with E-state index in [1.54, 1.807) is 43.5 Å². The number of anilines is 1. The number of hydrogen-bond acceptors (Lipinski definition) is 5. The summed E-state index contributed by atoms with van der Waals surface area (Å²) in [5.74, 6) is 1.30. The van der Waals surface area contributed by atoms with Crippen LogP contribution in [0.3, 0.4) is 0 Å². The minimum absolute atomic E-state index is 0.119. The number of nitrogens with two attached hydrogens (primary N) is 1. The van der Waals surface area contributed by atoms with Gasteiger partial charge in [0.25, 0.3) is 0 Å². The number of pyridine rings is 1. The standard InChI is InChI=1S/C21H17Cl2N3O2/c1-3-28-19-7-4-12(8-20(19)27-2)15-10-18(26-21(25)16(15)11-24)14-6-5-13(22)9-17(14)23/h4-10H,3H2,1-2H3,(H2,25,26). The normalized spacial score (nSPS) is 10.4. The third-order valence-electron chi connectivity index (χ3n) is 4.14. The van der Waals surface area contributed by atoms with Crippen LogP contribution in [-0.2, 0) is 0 Å². The number of benzene rings is 2. The van der Waals surface area contributed by atoms with E-state index in [4.69, 9.17) is 38.4 Å². The molecule has 0 saturated carbocycles. The SMILES string of the molecule is CCOc1ccc(-c2cc(-c3ccc(Cl)cc3Cl)nc(N)c2C#N)cc1OC. The van der Waals surface area contributed by atoms with Crippen molar-refractivity contribution in [1.29, 1.82) is 5.26 Å². The zero-order chi connectivity index (χ0) is 20.3.